The molecule has 0 heteroatoms. The van der Waals surface area contributed by atoms with E-state index in [1.54, 1.807) is 6.08 Å². The highest BCUT2D eigenvalue weighted by molar-refractivity contribution is 5.74. The molecular weight excluding hydrogens is 204 g/mol. The molecule has 0 N–H and O–H groups in total. The van der Waals surface area contributed by atoms with E-state index in [4.69, 9.17) is 0 Å². The van der Waals surface area contributed by atoms with Crippen molar-refractivity contribution in [2.75, 3.05) is 0 Å². The lowest BCUT2D eigenvalue weighted by Crippen LogP contribution is -1.97. The number of benzene rings is 1. The SMILES string of the molecule is C=C/C=C(\C=C)c1ccc(CC(C)CC)cc1. The summed E-state index contributed by atoms with van der Waals surface area (Å²) in [5.41, 5.74) is 3.73. The molecule has 0 aliphatic heterocycles. The van der Waals surface area contributed by atoms with Crippen molar-refractivity contribution in [1.82, 2.24) is 0 Å². The summed E-state index contributed by atoms with van der Waals surface area (Å²) in [4.78, 5) is 0. The summed E-state index contributed by atoms with van der Waals surface area (Å²) in [6, 6.07) is 8.74. The molecule has 0 aliphatic rings. The lowest BCUT2D eigenvalue weighted by Gasteiger charge is -2.09. The Labute approximate surface area is 105 Å². The third kappa shape index (κ3) is 4.07. The van der Waals surface area contributed by atoms with Crippen molar-refractivity contribution in [3.05, 3.63) is 66.8 Å². The highest BCUT2D eigenvalue weighted by Gasteiger charge is 2.02. The number of hydrogen-bond acceptors (Lipinski definition) is 0. The molecular formula is C17H22. The van der Waals surface area contributed by atoms with Gasteiger partial charge in [-0.15, -0.1) is 0 Å². The molecule has 0 heterocycles. The zero-order valence-electron chi connectivity index (χ0n) is 10.9. The van der Waals surface area contributed by atoms with Gasteiger partial charge in [-0.3, -0.25) is 0 Å². The van der Waals surface area contributed by atoms with Crippen molar-refractivity contribution in [3.8, 4) is 0 Å². The van der Waals surface area contributed by atoms with Gasteiger partial charge in [0.25, 0.3) is 0 Å². The first-order valence-corrected chi connectivity index (χ1v) is 6.25. The maximum atomic E-state index is 3.82. The Morgan fingerprint density at radius 3 is 2.35 bits per heavy atom. The highest BCUT2D eigenvalue weighted by atomic mass is 14.1. The second-order valence-corrected chi connectivity index (χ2v) is 4.48. The van der Waals surface area contributed by atoms with Crippen LogP contribution in [-0.2, 0) is 6.42 Å². The monoisotopic (exact) mass is 226 g/mol. The minimum atomic E-state index is 0.753. The Bertz CT molecular complexity index is 393. The molecule has 1 aromatic carbocycles. The maximum Gasteiger partial charge on any atom is -0.0184 e. The van der Waals surface area contributed by atoms with E-state index in [9.17, 15) is 0 Å². The van der Waals surface area contributed by atoms with Crippen LogP contribution in [-0.4, -0.2) is 0 Å². The topological polar surface area (TPSA) is 0 Å². The molecule has 0 aliphatic carbocycles. The van der Waals surface area contributed by atoms with Crippen LogP contribution in [0.1, 0.15) is 31.4 Å². The van der Waals surface area contributed by atoms with Gasteiger partial charge in [-0.1, -0.05) is 75.9 Å². The van der Waals surface area contributed by atoms with Crippen LogP contribution in [0, 0.1) is 5.92 Å². The molecule has 1 unspecified atom stereocenters. The van der Waals surface area contributed by atoms with Crippen LogP contribution in [0.2, 0.25) is 0 Å². The van der Waals surface area contributed by atoms with E-state index in [0.29, 0.717) is 0 Å². The highest BCUT2D eigenvalue weighted by Crippen LogP contribution is 2.18. The minimum absolute atomic E-state index is 0.753. The average Bonchev–Trinajstić information content (AvgIpc) is 2.37. The van der Waals surface area contributed by atoms with Gasteiger partial charge in [0.2, 0.25) is 0 Å². The van der Waals surface area contributed by atoms with E-state index >= 15 is 0 Å². The van der Waals surface area contributed by atoms with E-state index in [1.807, 2.05) is 12.2 Å². The maximum absolute atomic E-state index is 3.82. The normalized spacial score (nSPS) is 13.2. The molecule has 17 heavy (non-hydrogen) atoms. The summed E-state index contributed by atoms with van der Waals surface area (Å²) in [7, 11) is 0. The van der Waals surface area contributed by atoms with Crippen LogP contribution in [0.4, 0.5) is 0 Å². The third-order valence-corrected chi connectivity index (χ3v) is 3.09. The van der Waals surface area contributed by atoms with Crippen LogP contribution < -0.4 is 0 Å². The quantitative estimate of drug-likeness (QED) is 0.597. The van der Waals surface area contributed by atoms with Gasteiger partial charge in [0.15, 0.2) is 0 Å². The zero-order valence-corrected chi connectivity index (χ0v) is 10.9. The Hall–Kier alpha value is -1.56. The minimum Gasteiger partial charge on any atom is -0.0990 e. The molecule has 1 rings (SSSR count). The molecule has 1 atom stereocenters. The number of hydrogen-bond donors (Lipinski definition) is 0. The largest absolute Gasteiger partial charge is 0.0990 e. The predicted molar refractivity (Wildman–Crippen MR) is 78.0 cm³/mol. The summed E-state index contributed by atoms with van der Waals surface area (Å²) in [5, 5.41) is 0. The van der Waals surface area contributed by atoms with Crippen molar-refractivity contribution in [3.63, 3.8) is 0 Å². The molecule has 0 saturated carbocycles. The fourth-order valence-corrected chi connectivity index (χ4v) is 1.79. The van der Waals surface area contributed by atoms with E-state index < -0.39 is 0 Å². The molecule has 1 aromatic rings. The van der Waals surface area contributed by atoms with Crippen molar-refractivity contribution in [1.29, 1.82) is 0 Å². The lowest BCUT2D eigenvalue weighted by molar-refractivity contribution is 0.560. The molecule has 0 saturated heterocycles. The van der Waals surface area contributed by atoms with Crippen molar-refractivity contribution >= 4 is 5.57 Å². The fraction of sp³-hybridized carbons (Fsp3) is 0.294. The predicted octanol–water partition coefficient (Wildman–Crippen LogP) is 5.03. The van der Waals surface area contributed by atoms with Crippen LogP contribution in [0.5, 0.6) is 0 Å². The number of rotatable bonds is 6. The number of allylic oxidation sites excluding steroid dienone is 4. The van der Waals surface area contributed by atoms with Gasteiger partial charge in [0.1, 0.15) is 0 Å². The van der Waals surface area contributed by atoms with Crippen molar-refractivity contribution in [2.24, 2.45) is 5.92 Å². The molecule has 0 fully saturated rings. The van der Waals surface area contributed by atoms with E-state index in [-0.39, 0.29) is 0 Å². The van der Waals surface area contributed by atoms with Gasteiger partial charge in [-0.05, 0) is 29.0 Å². The standard InChI is InChI=1S/C17H22/c1-5-8-16(7-3)17-11-9-15(10-12-17)13-14(4)6-2/h5,7-12,14H,1,3,6,13H2,2,4H3/b16-8+. The van der Waals surface area contributed by atoms with Gasteiger partial charge in [-0.25, -0.2) is 0 Å². The van der Waals surface area contributed by atoms with E-state index in [1.165, 1.54) is 17.5 Å². The van der Waals surface area contributed by atoms with Gasteiger partial charge < -0.3 is 0 Å². The Kier molecular flexibility index (Phi) is 5.48. The lowest BCUT2D eigenvalue weighted by atomic mass is 9.96. The second kappa shape index (κ2) is 6.90. The van der Waals surface area contributed by atoms with Crippen LogP contribution in [0.3, 0.4) is 0 Å². The van der Waals surface area contributed by atoms with Gasteiger partial charge in [0, 0.05) is 0 Å². The molecule has 0 bridgehead atoms. The zero-order chi connectivity index (χ0) is 12.7. The van der Waals surface area contributed by atoms with Gasteiger partial charge >= 0.3 is 0 Å². The van der Waals surface area contributed by atoms with Crippen molar-refractivity contribution in [2.45, 2.75) is 26.7 Å². The van der Waals surface area contributed by atoms with E-state index in [0.717, 1.165) is 17.9 Å². The van der Waals surface area contributed by atoms with E-state index in [2.05, 4.69) is 51.3 Å². The summed E-state index contributed by atoms with van der Waals surface area (Å²) < 4.78 is 0. The summed E-state index contributed by atoms with van der Waals surface area (Å²) >= 11 is 0. The van der Waals surface area contributed by atoms with Gasteiger partial charge in [-0.2, -0.15) is 0 Å². The van der Waals surface area contributed by atoms with Gasteiger partial charge in [0.05, 0.1) is 0 Å². The first-order chi connectivity index (χ1) is 8.21. The fourth-order valence-electron chi connectivity index (χ4n) is 1.79. The molecule has 0 spiro atoms. The Morgan fingerprint density at radius 2 is 1.88 bits per heavy atom. The third-order valence-electron chi connectivity index (χ3n) is 3.09. The molecule has 0 aromatic heterocycles. The Balaban J connectivity index is 2.83. The first kappa shape index (κ1) is 13.5. The second-order valence-electron chi connectivity index (χ2n) is 4.48. The summed E-state index contributed by atoms with van der Waals surface area (Å²) in [6.45, 7) is 12.1. The van der Waals surface area contributed by atoms with Crippen LogP contribution >= 0.6 is 0 Å². The first-order valence-electron chi connectivity index (χ1n) is 6.25. The summed E-state index contributed by atoms with van der Waals surface area (Å²) in [6.07, 6.45) is 8.04. The molecule has 0 nitrogen and oxygen atoms in total. The molecule has 0 amide bonds. The smallest absolute Gasteiger partial charge is 0.0184 e. The average molecular weight is 226 g/mol. The molecule has 0 radical (unpaired) electrons. The van der Waals surface area contributed by atoms with Crippen molar-refractivity contribution < 1.29 is 0 Å². The van der Waals surface area contributed by atoms with Crippen LogP contribution in [0.25, 0.3) is 5.57 Å². The Morgan fingerprint density at radius 1 is 1.24 bits per heavy atom. The van der Waals surface area contributed by atoms with Crippen LogP contribution in [0.15, 0.2) is 55.7 Å². The summed E-state index contributed by atoms with van der Waals surface area (Å²) in [5.74, 6) is 0.753. The molecule has 90 valence electrons.